The average molecular weight is 1710 g/mol. The molecule has 0 aliphatic carbocycles. The molecular weight excluding hydrogens is 1600 g/mol. The van der Waals surface area contributed by atoms with E-state index in [-0.39, 0.29) is 154 Å². The molecule has 8 aromatic carbocycles. The number of hydrogen-bond donors (Lipinski definition) is 14. The first-order valence-corrected chi connectivity index (χ1v) is 40.4. The molecule has 8 aromatic rings. The summed E-state index contributed by atoms with van der Waals surface area (Å²) in [7, 11) is 5.44. The van der Waals surface area contributed by atoms with Gasteiger partial charge in [-0.1, -0.05) is 121 Å². The Labute approximate surface area is 718 Å². The van der Waals surface area contributed by atoms with Crippen molar-refractivity contribution in [3.63, 3.8) is 0 Å². The molecule has 0 saturated carbocycles. The molecule has 15 N–H and O–H groups in total. The van der Waals surface area contributed by atoms with Gasteiger partial charge >= 0.3 is 30.5 Å². The standard InChI is InChI=1S/C90H107N13O21/c1-58(96-71(82(107)98-64-39-43-76(118-3)68(51-64)79(91)104)34-18-22-46-92-87(113)121-54-59-26-10-6-11-27-59)67-50-63(38-42-75(67)117-2)97-83(108)72(35-19-23-47-93-88(114)122-55-60-28-12-7-13-29-60)101-80(105)69-52-65(40-44-77(69)119-4)99-84(109)73(36-20-24-48-94-89(115)123-56-61-30-14-8-15-31-61)102-81(106)70-53-66(41-45-78(70)120-5)100-85(110)74(103-86(111)112)37-21-25-49-95-90(116)124-57-62-32-16-9-17-33-62/h6-17,26-33,38-45,50-53,58,71-74,96,103H,18-25,34-37,46-49,54-57H2,1-5H3,(H2,91,104)(H,92,113)(H,93,114)(H,94,115)(H,95,116)(H,97,108)(H,98,107)(H,99,109)(H,100,110)(H,101,105)(H,102,106)(H,111,112). The van der Waals surface area contributed by atoms with Crippen molar-refractivity contribution >= 4 is 94.6 Å². The van der Waals surface area contributed by atoms with E-state index in [1.54, 1.807) is 55.5 Å². The van der Waals surface area contributed by atoms with Gasteiger partial charge < -0.3 is 107 Å². The fraction of sp³-hybridized carbons (Fsp3) is 0.333. The van der Waals surface area contributed by atoms with Gasteiger partial charge in [-0.05, 0) is 179 Å². The number of carbonyl (C=O) groups is 12. The van der Waals surface area contributed by atoms with Crippen molar-refractivity contribution < 1.29 is 101 Å². The molecule has 0 fully saturated rings. The third-order valence-electron chi connectivity index (χ3n) is 19.4. The second-order valence-electron chi connectivity index (χ2n) is 28.5. The zero-order valence-electron chi connectivity index (χ0n) is 69.7. The molecule has 0 radical (unpaired) electrons. The van der Waals surface area contributed by atoms with Gasteiger partial charge in [-0.25, -0.2) is 24.0 Å². The molecule has 34 nitrogen and oxygen atoms in total. The highest BCUT2D eigenvalue weighted by Crippen LogP contribution is 2.32. The molecule has 34 heteroatoms. The van der Waals surface area contributed by atoms with Crippen molar-refractivity contribution in [3.8, 4) is 23.0 Å². The lowest BCUT2D eigenvalue weighted by molar-refractivity contribution is -0.119. The number of anilines is 4. The maximum atomic E-state index is 14.9. The lowest BCUT2D eigenvalue weighted by Gasteiger charge is -2.25. The molecule has 5 atom stereocenters. The number of unbranched alkanes of at least 4 members (excludes halogenated alkanes) is 4. The first-order chi connectivity index (χ1) is 60.0. The van der Waals surface area contributed by atoms with E-state index in [0.29, 0.717) is 43.4 Å². The normalized spacial score (nSPS) is 11.9. The number of hydrogen-bond acceptors (Lipinski definition) is 21. The van der Waals surface area contributed by atoms with Gasteiger partial charge in [-0.3, -0.25) is 38.9 Å². The zero-order valence-corrected chi connectivity index (χ0v) is 69.7. The Kier molecular flexibility index (Phi) is 39.3. The minimum absolute atomic E-state index is 0.000936. The van der Waals surface area contributed by atoms with E-state index in [2.05, 4.69) is 63.8 Å². The maximum absolute atomic E-state index is 14.9. The largest absolute Gasteiger partial charge is 0.496 e. The topological polar surface area (TPSA) is 469 Å². The van der Waals surface area contributed by atoms with Gasteiger partial charge in [0.25, 0.3) is 17.7 Å². The molecule has 8 rings (SSSR count). The van der Waals surface area contributed by atoms with Crippen LogP contribution < -0.4 is 88.5 Å². The summed E-state index contributed by atoms with van der Waals surface area (Å²) >= 11 is 0. The predicted molar refractivity (Wildman–Crippen MR) is 462 cm³/mol. The quantitative estimate of drug-likeness (QED) is 0.0124. The second kappa shape index (κ2) is 51.2. The minimum atomic E-state index is -1.48. The number of amides is 12. The zero-order chi connectivity index (χ0) is 89.0. The molecule has 0 heterocycles. The van der Waals surface area contributed by atoms with Gasteiger partial charge in [0, 0.05) is 60.5 Å². The van der Waals surface area contributed by atoms with Crippen LogP contribution in [0.3, 0.4) is 0 Å². The number of rotatable bonds is 49. The Morgan fingerprint density at radius 1 is 0.331 bits per heavy atom. The molecular formula is C90H107N13O21. The monoisotopic (exact) mass is 1710 g/mol. The summed E-state index contributed by atoms with van der Waals surface area (Å²) in [5.74, 6) is -4.59. The first kappa shape index (κ1) is 95.0. The fourth-order valence-corrected chi connectivity index (χ4v) is 12.8. The first-order valence-electron chi connectivity index (χ1n) is 40.4. The maximum Gasteiger partial charge on any atom is 0.407 e. The highest BCUT2D eigenvalue weighted by molar-refractivity contribution is 6.06. The molecule has 124 heavy (non-hydrogen) atoms. The van der Waals surface area contributed by atoms with Gasteiger partial charge in [-0.2, -0.15) is 0 Å². The number of carbonyl (C=O) groups excluding carboxylic acids is 11. The number of ether oxygens (including phenoxy) is 8. The van der Waals surface area contributed by atoms with Crippen LogP contribution in [0.25, 0.3) is 0 Å². The van der Waals surface area contributed by atoms with Gasteiger partial charge in [0.2, 0.25) is 23.6 Å². The van der Waals surface area contributed by atoms with E-state index in [4.69, 9.17) is 43.6 Å². The molecule has 0 saturated heterocycles. The van der Waals surface area contributed by atoms with Crippen LogP contribution in [-0.4, -0.2) is 156 Å². The molecule has 658 valence electrons. The SMILES string of the molecule is COc1ccc(NC(=O)C(CCCCNC(=O)OCc2ccccc2)NC(C)c2cc(NC(=O)C(CCCCNC(=O)OCc3ccccc3)NC(=O)c3cc(NC(=O)C(CCCCNC(=O)OCc4ccccc4)NC(=O)c4cc(NC(=O)C(CCCCNC(=O)OCc5ccccc5)NC(=O)O)ccc4OC)ccc3OC)ccc2OC)cc1C(N)=O. The van der Waals surface area contributed by atoms with Crippen LogP contribution in [0.1, 0.15) is 149 Å². The van der Waals surface area contributed by atoms with Gasteiger partial charge in [0.1, 0.15) is 67.6 Å². The van der Waals surface area contributed by atoms with Crippen LogP contribution in [0.15, 0.2) is 194 Å². The second-order valence-corrected chi connectivity index (χ2v) is 28.5. The third kappa shape index (κ3) is 32.6. The summed E-state index contributed by atoms with van der Waals surface area (Å²) in [4.78, 5) is 162. The molecule has 0 aliphatic heterocycles. The van der Waals surface area contributed by atoms with E-state index in [9.17, 15) is 62.6 Å². The lowest BCUT2D eigenvalue weighted by Crippen LogP contribution is -2.44. The van der Waals surface area contributed by atoms with Crippen LogP contribution in [0, 0.1) is 0 Å². The summed E-state index contributed by atoms with van der Waals surface area (Å²) in [6.45, 7) is 2.58. The van der Waals surface area contributed by atoms with Crippen molar-refractivity contribution in [2.75, 3.05) is 75.9 Å². The number of carboxylic acid groups (broad SMARTS) is 1. The molecule has 0 aliphatic rings. The number of alkyl carbamates (subject to hydrolysis) is 4. The van der Waals surface area contributed by atoms with Crippen molar-refractivity contribution in [2.24, 2.45) is 5.73 Å². The summed E-state index contributed by atoms with van der Waals surface area (Å²) in [6.07, 6.45) is -1.32. The van der Waals surface area contributed by atoms with Crippen molar-refractivity contribution in [2.45, 2.75) is 141 Å². The summed E-state index contributed by atoms with van der Waals surface area (Å²) in [6, 6.07) is 48.4. The van der Waals surface area contributed by atoms with E-state index in [1.807, 2.05) is 97.1 Å². The minimum Gasteiger partial charge on any atom is -0.496 e. The van der Waals surface area contributed by atoms with E-state index in [1.165, 1.54) is 77.0 Å². The molecule has 0 aromatic heterocycles. The van der Waals surface area contributed by atoms with Crippen LogP contribution >= 0.6 is 0 Å². The molecule has 0 spiro atoms. The number of nitrogens with one attached hydrogen (secondary N) is 12. The Bertz CT molecular complexity index is 4860. The van der Waals surface area contributed by atoms with Crippen LogP contribution in [0.2, 0.25) is 0 Å². The van der Waals surface area contributed by atoms with Crippen LogP contribution in [0.4, 0.5) is 46.7 Å². The van der Waals surface area contributed by atoms with Crippen molar-refractivity contribution in [1.82, 2.24) is 42.5 Å². The summed E-state index contributed by atoms with van der Waals surface area (Å²) in [5.41, 5.74) is 9.62. The van der Waals surface area contributed by atoms with E-state index in [0.717, 1.165) is 22.3 Å². The number of benzene rings is 8. The van der Waals surface area contributed by atoms with Crippen LogP contribution in [0.5, 0.6) is 23.0 Å². The predicted octanol–water partition coefficient (Wildman–Crippen LogP) is 11.9. The van der Waals surface area contributed by atoms with Gasteiger partial charge in [0.05, 0.1) is 51.2 Å². The summed E-state index contributed by atoms with van der Waals surface area (Å²) < 4.78 is 43.8. The Balaban J connectivity index is 0.989. The summed E-state index contributed by atoms with van der Waals surface area (Å²) in [5, 5.41) is 43.0. The number of nitrogens with two attached hydrogens (primary N) is 1. The third-order valence-corrected chi connectivity index (χ3v) is 19.4. The molecule has 12 amide bonds. The Morgan fingerprint density at radius 3 is 0.911 bits per heavy atom. The molecule has 0 bridgehead atoms. The smallest absolute Gasteiger partial charge is 0.407 e. The Morgan fingerprint density at radius 2 is 0.605 bits per heavy atom. The lowest BCUT2D eigenvalue weighted by atomic mass is 10.0. The van der Waals surface area contributed by atoms with E-state index >= 15 is 0 Å². The highest BCUT2D eigenvalue weighted by atomic mass is 16.6. The van der Waals surface area contributed by atoms with Crippen molar-refractivity contribution in [1.29, 1.82) is 0 Å². The average Bonchev–Trinajstić information content (AvgIpc) is 0.826. The van der Waals surface area contributed by atoms with Crippen LogP contribution in [-0.2, 0) is 64.6 Å². The number of primary amides is 1. The van der Waals surface area contributed by atoms with Crippen molar-refractivity contribution in [3.05, 3.63) is 239 Å². The number of methoxy groups -OCH3 is 4. The fourth-order valence-electron chi connectivity index (χ4n) is 12.8. The van der Waals surface area contributed by atoms with Gasteiger partial charge in [0.15, 0.2) is 0 Å². The Hall–Kier alpha value is -14.4. The molecule has 5 unspecified atom stereocenters. The highest BCUT2D eigenvalue weighted by Gasteiger charge is 2.30. The van der Waals surface area contributed by atoms with Gasteiger partial charge in [-0.15, -0.1) is 0 Å². The van der Waals surface area contributed by atoms with E-state index < -0.39 is 102 Å².